The lowest BCUT2D eigenvalue weighted by Gasteiger charge is -2.11. The normalized spacial score (nSPS) is 11.8. The van der Waals surface area contributed by atoms with Gasteiger partial charge in [-0.25, -0.2) is 0 Å². The fourth-order valence-electron chi connectivity index (χ4n) is 1.49. The molecule has 17 heavy (non-hydrogen) atoms. The maximum atomic E-state index is 11.6. The molecule has 0 aliphatic heterocycles. The van der Waals surface area contributed by atoms with E-state index in [-0.39, 0.29) is 23.3 Å². The zero-order valence-electron chi connectivity index (χ0n) is 9.81. The van der Waals surface area contributed by atoms with Crippen molar-refractivity contribution in [3.05, 3.63) is 36.4 Å². The SMILES string of the molecule is C=CCNC(=O)C(C)Cc1ccc(O)c(O)c1. The molecule has 3 N–H and O–H groups in total. The Morgan fingerprint density at radius 2 is 2.18 bits per heavy atom. The lowest BCUT2D eigenvalue weighted by Crippen LogP contribution is -2.30. The third kappa shape index (κ3) is 3.83. The van der Waals surface area contributed by atoms with Crippen LogP contribution in [0.15, 0.2) is 30.9 Å². The first-order valence-corrected chi connectivity index (χ1v) is 5.44. The molecule has 0 aliphatic carbocycles. The molecule has 1 atom stereocenters. The molecule has 0 fully saturated rings. The van der Waals surface area contributed by atoms with E-state index in [1.54, 1.807) is 12.1 Å². The highest BCUT2D eigenvalue weighted by atomic mass is 16.3. The zero-order chi connectivity index (χ0) is 12.8. The summed E-state index contributed by atoms with van der Waals surface area (Å²) in [4.78, 5) is 11.6. The highest BCUT2D eigenvalue weighted by Crippen LogP contribution is 2.25. The Morgan fingerprint density at radius 1 is 1.47 bits per heavy atom. The largest absolute Gasteiger partial charge is 0.504 e. The number of hydrogen-bond acceptors (Lipinski definition) is 3. The maximum Gasteiger partial charge on any atom is 0.223 e. The van der Waals surface area contributed by atoms with Crippen molar-refractivity contribution in [2.24, 2.45) is 5.92 Å². The molecule has 1 unspecified atom stereocenters. The van der Waals surface area contributed by atoms with Gasteiger partial charge in [0.2, 0.25) is 5.91 Å². The Kier molecular flexibility index (Phi) is 4.57. The molecule has 0 radical (unpaired) electrons. The van der Waals surface area contributed by atoms with E-state index in [9.17, 15) is 9.90 Å². The zero-order valence-corrected chi connectivity index (χ0v) is 9.81. The summed E-state index contributed by atoms with van der Waals surface area (Å²) in [5.74, 6) is -0.574. The van der Waals surface area contributed by atoms with Crippen molar-refractivity contribution in [1.82, 2.24) is 5.32 Å². The molecule has 92 valence electrons. The van der Waals surface area contributed by atoms with Crippen molar-refractivity contribution in [2.75, 3.05) is 6.54 Å². The van der Waals surface area contributed by atoms with Crippen molar-refractivity contribution in [2.45, 2.75) is 13.3 Å². The van der Waals surface area contributed by atoms with Crippen LogP contribution in [0, 0.1) is 5.92 Å². The summed E-state index contributed by atoms with van der Waals surface area (Å²) in [6.45, 7) is 5.78. The number of amides is 1. The van der Waals surface area contributed by atoms with Crippen LogP contribution in [0.4, 0.5) is 0 Å². The predicted molar refractivity (Wildman–Crippen MR) is 65.8 cm³/mol. The van der Waals surface area contributed by atoms with E-state index in [0.29, 0.717) is 13.0 Å². The highest BCUT2D eigenvalue weighted by molar-refractivity contribution is 5.78. The smallest absolute Gasteiger partial charge is 0.223 e. The van der Waals surface area contributed by atoms with Crippen LogP contribution < -0.4 is 5.32 Å². The molecule has 0 aromatic heterocycles. The average molecular weight is 235 g/mol. The second-order valence-electron chi connectivity index (χ2n) is 3.96. The molecule has 4 heteroatoms. The van der Waals surface area contributed by atoms with Crippen LogP contribution in [0.3, 0.4) is 0 Å². The molecule has 0 saturated heterocycles. The molecule has 1 aromatic carbocycles. The predicted octanol–water partition coefficient (Wildman–Crippen LogP) is 1.58. The van der Waals surface area contributed by atoms with Crippen LogP contribution in [0.1, 0.15) is 12.5 Å². The minimum absolute atomic E-state index is 0.0579. The first kappa shape index (κ1) is 13.1. The number of hydrogen-bond donors (Lipinski definition) is 3. The Bertz CT molecular complexity index is 415. The minimum Gasteiger partial charge on any atom is -0.504 e. The lowest BCUT2D eigenvalue weighted by molar-refractivity contribution is -0.124. The van der Waals surface area contributed by atoms with Crippen molar-refractivity contribution in [3.63, 3.8) is 0 Å². The summed E-state index contributed by atoms with van der Waals surface area (Å²) in [6, 6.07) is 4.57. The number of carbonyl (C=O) groups is 1. The van der Waals surface area contributed by atoms with E-state index in [1.165, 1.54) is 12.1 Å². The van der Waals surface area contributed by atoms with Gasteiger partial charge in [0, 0.05) is 12.5 Å². The third-order valence-corrected chi connectivity index (χ3v) is 2.45. The van der Waals surface area contributed by atoms with Crippen LogP contribution in [0.5, 0.6) is 11.5 Å². The Balaban J connectivity index is 2.61. The van der Waals surface area contributed by atoms with E-state index in [2.05, 4.69) is 11.9 Å². The maximum absolute atomic E-state index is 11.6. The van der Waals surface area contributed by atoms with Gasteiger partial charge >= 0.3 is 0 Å². The number of carbonyl (C=O) groups excluding carboxylic acids is 1. The third-order valence-electron chi connectivity index (χ3n) is 2.45. The molecule has 0 spiro atoms. The van der Waals surface area contributed by atoms with Gasteiger partial charge in [-0.2, -0.15) is 0 Å². The topological polar surface area (TPSA) is 69.6 Å². The fraction of sp³-hybridized carbons (Fsp3) is 0.308. The number of phenolic OH excluding ortho intramolecular Hbond substituents is 2. The van der Waals surface area contributed by atoms with Gasteiger partial charge in [0.25, 0.3) is 0 Å². The quantitative estimate of drug-likeness (QED) is 0.536. The van der Waals surface area contributed by atoms with Gasteiger partial charge in [-0.15, -0.1) is 6.58 Å². The van der Waals surface area contributed by atoms with E-state index < -0.39 is 0 Å². The summed E-state index contributed by atoms with van der Waals surface area (Å²) >= 11 is 0. The molecular weight excluding hydrogens is 218 g/mol. The van der Waals surface area contributed by atoms with Crippen molar-refractivity contribution < 1.29 is 15.0 Å². The molecule has 1 aromatic rings. The van der Waals surface area contributed by atoms with Crippen molar-refractivity contribution in [1.29, 1.82) is 0 Å². The first-order valence-electron chi connectivity index (χ1n) is 5.44. The molecule has 4 nitrogen and oxygen atoms in total. The molecule has 0 aliphatic rings. The van der Waals surface area contributed by atoms with E-state index in [4.69, 9.17) is 5.11 Å². The summed E-state index contributed by atoms with van der Waals surface area (Å²) in [7, 11) is 0. The average Bonchev–Trinajstić information content (AvgIpc) is 2.30. The van der Waals surface area contributed by atoms with E-state index >= 15 is 0 Å². The summed E-state index contributed by atoms with van der Waals surface area (Å²) in [5, 5.41) is 21.2. The second kappa shape index (κ2) is 5.94. The molecule has 0 bridgehead atoms. The van der Waals surface area contributed by atoms with Gasteiger partial charge in [-0.1, -0.05) is 19.1 Å². The van der Waals surface area contributed by atoms with Gasteiger partial charge in [0.15, 0.2) is 11.5 Å². The van der Waals surface area contributed by atoms with Crippen molar-refractivity contribution >= 4 is 5.91 Å². The van der Waals surface area contributed by atoms with Crippen LogP contribution >= 0.6 is 0 Å². The minimum atomic E-state index is -0.195. The number of phenols is 2. The van der Waals surface area contributed by atoms with Crippen molar-refractivity contribution in [3.8, 4) is 11.5 Å². The Morgan fingerprint density at radius 3 is 2.76 bits per heavy atom. The van der Waals surface area contributed by atoms with Gasteiger partial charge in [-0.3, -0.25) is 4.79 Å². The number of benzene rings is 1. The molecule has 1 rings (SSSR count). The number of aromatic hydroxyl groups is 2. The van der Waals surface area contributed by atoms with Gasteiger partial charge in [0.05, 0.1) is 0 Å². The monoisotopic (exact) mass is 235 g/mol. The standard InChI is InChI=1S/C13H17NO3/c1-3-6-14-13(17)9(2)7-10-4-5-11(15)12(16)8-10/h3-5,8-9,15-16H,1,6-7H2,2H3,(H,14,17). The van der Waals surface area contributed by atoms with Crippen LogP contribution in [0.2, 0.25) is 0 Å². The van der Waals surface area contributed by atoms with Crippen LogP contribution in [-0.2, 0) is 11.2 Å². The second-order valence-corrected chi connectivity index (χ2v) is 3.96. The molecule has 0 heterocycles. The fourth-order valence-corrected chi connectivity index (χ4v) is 1.49. The summed E-state index contributed by atoms with van der Waals surface area (Å²) in [5.41, 5.74) is 0.807. The van der Waals surface area contributed by atoms with E-state index in [0.717, 1.165) is 5.56 Å². The Hall–Kier alpha value is -1.97. The van der Waals surface area contributed by atoms with Gasteiger partial charge < -0.3 is 15.5 Å². The van der Waals surface area contributed by atoms with Gasteiger partial charge in [-0.05, 0) is 24.1 Å². The molecule has 0 saturated carbocycles. The van der Waals surface area contributed by atoms with Crippen LogP contribution in [-0.4, -0.2) is 22.7 Å². The molecular formula is C13H17NO3. The number of nitrogens with one attached hydrogen (secondary N) is 1. The Labute approximate surface area is 101 Å². The molecule has 1 amide bonds. The summed E-state index contributed by atoms with van der Waals surface area (Å²) in [6.07, 6.45) is 2.13. The highest BCUT2D eigenvalue weighted by Gasteiger charge is 2.13. The van der Waals surface area contributed by atoms with Crippen LogP contribution in [0.25, 0.3) is 0 Å². The number of rotatable bonds is 5. The summed E-state index contributed by atoms with van der Waals surface area (Å²) < 4.78 is 0. The lowest BCUT2D eigenvalue weighted by atomic mass is 10.00. The van der Waals surface area contributed by atoms with E-state index in [1.807, 2.05) is 6.92 Å². The van der Waals surface area contributed by atoms with Gasteiger partial charge in [0.1, 0.15) is 0 Å². The first-order chi connectivity index (χ1) is 8.04.